The second-order valence-electron chi connectivity index (χ2n) is 9.08. The molecule has 3 atom stereocenters. The maximum Gasteiger partial charge on any atom is 0.231 e. The van der Waals surface area contributed by atoms with E-state index in [1.165, 1.54) is 0 Å². The third-order valence-electron chi connectivity index (χ3n) is 7.41. The molecule has 4 rings (SSSR count). The Hall–Kier alpha value is -2.26. The van der Waals surface area contributed by atoms with E-state index in [-0.39, 0.29) is 44.7 Å². The largest absolute Gasteiger partial charge is 0.454 e. The van der Waals surface area contributed by atoms with E-state index in [2.05, 4.69) is 20.8 Å². The average molecular weight is 489 g/mol. The van der Waals surface area contributed by atoms with Gasteiger partial charge in [0.15, 0.2) is 31.3 Å². The van der Waals surface area contributed by atoms with E-state index in [1.807, 2.05) is 36.4 Å². The highest BCUT2D eigenvalue weighted by atomic mass is 28.4. The van der Waals surface area contributed by atoms with Crippen molar-refractivity contribution in [3.63, 3.8) is 0 Å². The van der Waals surface area contributed by atoms with Crippen LogP contribution in [0.2, 0.25) is 18.1 Å². The Balaban J connectivity index is 1.66. The van der Waals surface area contributed by atoms with Gasteiger partial charge in [-0.15, -0.1) is 0 Å². The zero-order valence-corrected chi connectivity index (χ0v) is 21.3. The molecular weight excluding hydrogens is 452 g/mol. The lowest BCUT2D eigenvalue weighted by Gasteiger charge is -2.39. The molecule has 7 nitrogen and oxygen atoms in total. The molecule has 8 heteroatoms. The maximum atomic E-state index is 10.6. The smallest absolute Gasteiger partial charge is 0.231 e. The van der Waals surface area contributed by atoms with Gasteiger partial charge in [0.1, 0.15) is 0 Å². The van der Waals surface area contributed by atoms with Gasteiger partial charge >= 0.3 is 0 Å². The molecular formula is C26H36O7Si. The van der Waals surface area contributed by atoms with Crippen LogP contribution in [-0.4, -0.2) is 45.3 Å². The summed E-state index contributed by atoms with van der Waals surface area (Å²) in [6.07, 6.45) is 0.221. The summed E-state index contributed by atoms with van der Waals surface area (Å²) in [5, 5.41) is 21.1. The van der Waals surface area contributed by atoms with Gasteiger partial charge in [-0.2, -0.15) is 0 Å². The van der Waals surface area contributed by atoms with Gasteiger partial charge in [-0.05, 0) is 65.9 Å². The molecule has 0 aliphatic carbocycles. The van der Waals surface area contributed by atoms with Crippen molar-refractivity contribution in [3.05, 3.63) is 47.5 Å². The SMILES string of the molecule is CC[Si](CC)(CC)O[C@H](c1ccc2c(c1)OCO2)[C@@H](CO)[C@H](CO)Cc1ccc2c(c1)OCO2. The average Bonchev–Trinajstić information content (AvgIpc) is 3.54. The monoisotopic (exact) mass is 488 g/mol. The minimum absolute atomic E-state index is 0.0665. The van der Waals surface area contributed by atoms with Crippen LogP contribution in [0.15, 0.2) is 36.4 Å². The zero-order valence-electron chi connectivity index (χ0n) is 20.3. The first-order chi connectivity index (χ1) is 16.6. The van der Waals surface area contributed by atoms with Crippen LogP contribution in [-0.2, 0) is 10.8 Å². The van der Waals surface area contributed by atoms with E-state index in [4.69, 9.17) is 23.4 Å². The molecule has 0 fully saturated rings. The van der Waals surface area contributed by atoms with Crippen molar-refractivity contribution in [1.82, 2.24) is 0 Å². The van der Waals surface area contributed by atoms with Crippen LogP contribution in [0.1, 0.15) is 38.0 Å². The van der Waals surface area contributed by atoms with Crippen LogP contribution in [0, 0.1) is 11.8 Å². The minimum atomic E-state index is -2.03. The molecule has 186 valence electrons. The van der Waals surface area contributed by atoms with Gasteiger partial charge in [-0.1, -0.05) is 32.9 Å². The lowest BCUT2D eigenvalue weighted by Crippen LogP contribution is -2.42. The molecule has 2 aromatic rings. The molecule has 0 saturated heterocycles. The number of aliphatic hydroxyl groups excluding tert-OH is 2. The molecule has 0 aromatic heterocycles. The van der Waals surface area contributed by atoms with Crippen molar-refractivity contribution in [1.29, 1.82) is 0 Å². The number of rotatable bonds is 12. The Morgan fingerprint density at radius 1 is 0.794 bits per heavy atom. The molecule has 0 saturated carbocycles. The highest BCUT2D eigenvalue weighted by molar-refractivity contribution is 6.73. The number of hydrogen-bond acceptors (Lipinski definition) is 7. The van der Waals surface area contributed by atoms with Crippen molar-refractivity contribution < 1.29 is 33.6 Å². The Morgan fingerprint density at radius 3 is 1.97 bits per heavy atom. The summed E-state index contributed by atoms with van der Waals surface area (Å²) in [6.45, 7) is 6.84. The lowest BCUT2D eigenvalue weighted by molar-refractivity contribution is 0.0205. The normalized spacial score (nSPS) is 17.0. The number of hydrogen-bond donors (Lipinski definition) is 2. The number of fused-ring (bicyclic) bond motifs is 2. The first-order valence-electron chi connectivity index (χ1n) is 12.2. The van der Waals surface area contributed by atoms with Crippen molar-refractivity contribution in [2.24, 2.45) is 11.8 Å². The highest BCUT2D eigenvalue weighted by Gasteiger charge is 2.39. The van der Waals surface area contributed by atoms with Gasteiger partial charge in [0.2, 0.25) is 13.6 Å². The summed E-state index contributed by atoms with van der Waals surface area (Å²) in [7, 11) is -2.03. The molecule has 0 unspecified atom stereocenters. The van der Waals surface area contributed by atoms with Gasteiger partial charge in [-0.3, -0.25) is 0 Å². The van der Waals surface area contributed by atoms with Crippen molar-refractivity contribution in [3.8, 4) is 23.0 Å². The molecule has 2 aromatic carbocycles. The second kappa shape index (κ2) is 11.0. The third-order valence-corrected chi connectivity index (χ3v) is 12.0. The van der Waals surface area contributed by atoms with E-state index in [9.17, 15) is 10.2 Å². The Labute approximate surface area is 202 Å². The van der Waals surface area contributed by atoms with E-state index in [0.717, 1.165) is 35.0 Å². The Kier molecular flexibility index (Phi) is 8.03. The molecule has 34 heavy (non-hydrogen) atoms. The molecule has 0 spiro atoms. The fourth-order valence-corrected chi connectivity index (χ4v) is 7.83. The van der Waals surface area contributed by atoms with Crippen LogP contribution in [0.5, 0.6) is 23.0 Å². The Bertz CT molecular complexity index is 954. The molecule has 2 N–H and O–H groups in total. The summed E-state index contributed by atoms with van der Waals surface area (Å²) in [5.74, 6) is 2.34. The van der Waals surface area contributed by atoms with E-state index < -0.39 is 8.32 Å². The quantitative estimate of drug-likeness (QED) is 0.420. The van der Waals surface area contributed by atoms with Crippen LogP contribution >= 0.6 is 0 Å². The van der Waals surface area contributed by atoms with Gasteiger partial charge in [0.05, 0.1) is 6.10 Å². The summed E-state index contributed by atoms with van der Waals surface area (Å²) in [5.41, 5.74) is 1.97. The van der Waals surface area contributed by atoms with Gasteiger partial charge in [0, 0.05) is 19.1 Å². The summed E-state index contributed by atoms with van der Waals surface area (Å²) < 4.78 is 29.1. The molecule has 2 aliphatic rings. The zero-order chi connectivity index (χ0) is 24.1. The van der Waals surface area contributed by atoms with Crippen LogP contribution < -0.4 is 18.9 Å². The summed E-state index contributed by atoms with van der Waals surface area (Å²) in [4.78, 5) is 0. The highest BCUT2D eigenvalue weighted by Crippen LogP contribution is 2.42. The van der Waals surface area contributed by atoms with Crippen LogP contribution in [0.4, 0.5) is 0 Å². The number of aliphatic hydroxyl groups is 2. The van der Waals surface area contributed by atoms with Crippen LogP contribution in [0.25, 0.3) is 0 Å². The molecule has 2 heterocycles. The standard InChI is InChI=1S/C26H36O7Si/c1-4-34(5-2,6-3)33-26(19-8-10-23-25(13-19)32-17-30-23)21(15-28)20(14-27)11-18-7-9-22-24(12-18)31-16-29-22/h7-10,12-13,20-21,26-28H,4-6,11,14-17H2,1-3H3/t20-,21-,26+/m0/s1. The van der Waals surface area contributed by atoms with Crippen LogP contribution in [0.3, 0.4) is 0 Å². The van der Waals surface area contributed by atoms with E-state index in [0.29, 0.717) is 23.7 Å². The summed E-state index contributed by atoms with van der Waals surface area (Å²) >= 11 is 0. The topological polar surface area (TPSA) is 86.6 Å². The van der Waals surface area contributed by atoms with Crippen molar-refractivity contribution in [2.75, 3.05) is 26.8 Å². The molecule has 0 radical (unpaired) electrons. The van der Waals surface area contributed by atoms with Gasteiger partial charge < -0.3 is 33.6 Å². The van der Waals surface area contributed by atoms with E-state index >= 15 is 0 Å². The Morgan fingerprint density at radius 2 is 1.38 bits per heavy atom. The molecule has 2 aliphatic heterocycles. The van der Waals surface area contributed by atoms with Gasteiger partial charge in [-0.25, -0.2) is 0 Å². The van der Waals surface area contributed by atoms with Crippen molar-refractivity contribution in [2.45, 2.75) is 51.4 Å². The maximum absolute atomic E-state index is 10.6. The summed E-state index contributed by atoms with van der Waals surface area (Å²) in [6, 6.07) is 14.7. The molecule has 0 bridgehead atoms. The van der Waals surface area contributed by atoms with E-state index in [1.54, 1.807) is 0 Å². The predicted molar refractivity (Wildman–Crippen MR) is 131 cm³/mol. The predicted octanol–water partition coefficient (Wildman–Crippen LogP) is 4.67. The fraction of sp³-hybridized carbons (Fsp3) is 0.538. The van der Waals surface area contributed by atoms with Crippen molar-refractivity contribution >= 4 is 8.32 Å². The molecule has 0 amide bonds. The fourth-order valence-electron chi connectivity index (χ4n) is 4.98. The first kappa shape index (κ1) is 24.8. The third kappa shape index (κ3) is 5.05. The number of ether oxygens (including phenoxy) is 4. The first-order valence-corrected chi connectivity index (χ1v) is 14.8. The number of benzene rings is 2. The lowest BCUT2D eigenvalue weighted by atomic mass is 9.81. The van der Waals surface area contributed by atoms with Gasteiger partial charge in [0.25, 0.3) is 0 Å². The minimum Gasteiger partial charge on any atom is -0.454 e. The second-order valence-corrected chi connectivity index (χ2v) is 13.8.